The molecule has 0 N–H and O–H groups in total. The Morgan fingerprint density at radius 3 is 2.10 bits per heavy atom. The number of unbranched alkanes of at least 4 members (excludes halogenated alkanes) is 7. The molecule has 0 heterocycles. The summed E-state index contributed by atoms with van der Waals surface area (Å²) in [5, 5.41) is 2.69. The summed E-state index contributed by atoms with van der Waals surface area (Å²) in [4.78, 5) is 0. The normalized spacial score (nSPS) is 13.3. The largest absolute Gasteiger partial charge is 0.0654 e. The number of benzene rings is 3. The van der Waals surface area contributed by atoms with Crippen LogP contribution in [0.1, 0.15) is 81.4 Å². The molecule has 0 fully saturated rings. The van der Waals surface area contributed by atoms with Gasteiger partial charge < -0.3 is 0 Å². The zero-order valence-electron chi connectivity index (χ0n) is 17.8. The first-order valence-corrected chi connectivity index (χ1v) is 11.5. The van der Waals surface area contributed by atoms with Crippen LogP contribution in [0.5, 0.6) is 0 Å². The van der Waals surface area contributed by atoms with Gasteiger partial charge in [-0.15, -0.1) is 0 Å². The van der Waals surface area contributed by atoms with Crippen LogP contribution in [0, 0.1) is 6.42 Å². The standard InChI is InChI=1S/C29H33/c1-2-3-4-5-6-7-8-9-20-27-26-19-13-11-16-24(26)22-29(27)28-21-14-17-23-15-10-12-18-25(23)28/h10-19,21-22H,2-9,20H2,1H3. The fourth-order valence-corrected chi connectivity index (χ4v) is 4.69. The average Bonchev–Trinajstić information content (AvgIpc) is 3.13. The maximum Gasteiger partial charge on any atom is 0.0214 e. The van der Waals surface area contributed by atoms with Crippen molar-refractivity contribution >= 4 is 21.9 Å². The van der Waals surface area contributed by atoms with E-state index in [1.807, 2.05) is 0 Å². The van der Waals surface area contributed by atoms with Crippen LogP contribution in [0.3, 0.4) is 0 Å². The van der Waals surface area contributed by atoms with Crippen LogP contribution in [0.4, 0.5) is 0 Å². The van der Waals surface area contributed by atoms with Crippen LogP contribution in [0.2, 0.25) is 0 Å². The van der Waals surface area contributed by atoms with Crippen molar-refractivity contribution in [1.29, 1.82) is 0 Å². The first-order valence-electron chi connectivity index (χ1n) is 11.5. The molecule has 0 heteroatoms. The molecular formula is C29H33. The molecule has 0 unspecified atom stereocenters. The number of hydrogen-bond acceptors (Lipinski definition) is 0. The number of allylic oxidation sites excluding steroid dienone is 2. The van der Waals surface area contributed by atoms with Gasteiger partial charge in [0.1, 0.15) is 0 Å². The minimum Gasteiger partial charge on any atom is -0.0654 e. The topological polar surface area (TPSA) is 0 Å². The van der Waals surface area contributed by atoms with E-state index < -0.39 is 0 Å². The molecule has 0 amide bonds. The average molecular weight is 382 g/mol. The molecule has 149 valence electrons. The van der Waals surface area contributed by atoms with E-state index in [4.69, 9.17) is 0 Å². The minimum atomic E-state index is 1.18. The van der Waals surface area contributed by atoms with Gasteiger partial charge in [0.2, 0.25) is 0 Å². The zero-order chi connectivity index (χ0) is 19.9. The first-order chi connectivity index (χ1) is 14.4. The highest BCUT2D eigenvalue weighted by atomic mass is 14.3. The van der Waals surface area contributed by atoms with Crippen molar-refractivity contribution in [2.75, 3.05) is 0 Å². The molecule has 4 rings (SSSR count). The van der Waals surface area contributed by atoms with Gasteiger partial charge in [0.15, 0.2) is 0 Å². The Bertz CT molecular complexity index is 971. The van der Waals surface area contributed by atoms with E-state index in [1.165, 1.54) is 90.8 Å². The van der Waals surface area contributed by atoms with Crippen LogP contribution in [0.15, 0.2) is 66.7 Å². The van der Waals surface area contributed by atoms with Gasteiger partial charge in [-0.05, 0) is 51.5 Å². The lowest BCUT2D eigenvalue weighted by atomic mass is 9.92. The molecule has 3 aromatic rings. The van der Waals surface area contributed by atoms with E-state index in [1.54, 1.807) is 5.57 Å². The summed E-state index contributed by atoms with van der Waals surface area (Å²) in [5.74, 6) is 0. The molecule has 0 bridgehead atoms. The molecule has 0 saturated heterocycles. The Balaban J connectivity index is 1.52. The van der Waals surface area contributed by atoms with Gasteiger partial charge in [-0.3, -0.25) is 0 Å². The predicted octanol–water partition coefficient (Wildman–Crippen LogP) is 8.85. The second-order valence-electron chi connectivity index (χ2n) is 8.38. The second kappa shape index (κ2) is 9.92. The molecule has 0 atom stereocenters. The van der Waals surface area contributed by atoms with Crippen molar-refractivity contribution in [3.8, 4) is 0 Å². The molecule has 3 aromatic carbocycles. The van der Waals surface area contributed by atoms with E-state index in [2.05, 4.69) is 80.1 Å². The third-order valence-electron chi connectivity index (χ3n) is 6.27. The molecule has 0 aromatic heterocycles. The van der Waals surface area contributed by atoms with Gasteiger partial charge in [-0.1, -0.05) is 119 Å². The zero-order valence-corrected chi connectivity index (χ0v) is 17.8. The molecular weight excluding hydrogens is 348 g/mol. The predicted molar refractivity (Wildman–Crippen MR) is 128 cm³/mol. The van der Waals surface area contributed by atoms with Gasteiger partial charge in [0.25, 0.3) is 0 Å². The highest BCUT2D eigenvalue weighted by Crippen LogP contribution is 2.44. The first kappa shape index (κ1) is 20.0. The van der Waals surface area contributed by atoms with Crippen LogP contribution in [-0.4, -0.2) is 0 Å². The lowest BCUT2D eigenvalue weighted by molar-refractivity contribution is 0.579. The monoisotopic (exact) mass is 381 g/mol. The summed E-state index contributed by atoms with van der Waals surface area (Å²) in [6.07, 6.45) is 14.6. The van der Waals surface area contributed by atoms with E-state index in [9.17, 15) is 0 Å². The van der Waals surface area contributed by atoms with Crippen molar-refractivity contribution in [3.63, 3.8) is 0 Å². The lowest BCUT2D eigenvalue weighted by Gasteiger charge is -2.12. The van der Waals surface area contributed by atoms with Crippen molar-refractivity contribution in [2.45, 2.75) is 64.7 Å². The summed E-state index contributed by atoms with van der Waals surface area (Å²) in [6.45, 7) is 2.29. The van der Waals surface area contributed by atoms with Crippen molar-refractivity contribution in [1.82, 2.24) is 0 Å². The van der Waals surface area contributed by atoms with Crippen LogP contribution < -0.4 is 0 Å². The van der Waals surface area contributed by atoms with Crippen LogP contribution in [0.25, 0.3) is 21.9 Å². The molecule has 0 saturated carbocycles. The summed E-state index contributed by atoms with van der Waals surface area (Å²) in [6, 6.07) is 24.4. The Morgan fingerprint density at radius 1 is 0.586 bits per heavy atom. The fraction of sp³-hybridized carbons (Fsp3) is 0.345. The van der Waals surface area contributed by atoms with Gasteiger partial charge in [0, 0.05) is 6.42 Å². The number of rotatable bonds is 10. The molecule has 1 aliphatic carbocycles. The van der Waals surface area contributed by atoms with Crippen LogP contribution in [-0.2, 0) is 0 Å². The summed E-state index contributed by atoms with van der Waals surface area (Å²) < 4.78 is 0. The van der Waals surface area contributed by atoms with Gasteiger partial charge in [0.05, 0.1) is 0 Å². The van der Waals surface area contributed by atoms with Crippen LogP contribution >= 0.6 is 0 Å². The van der Waals surface area contributed by atoms with Gasteiger partial charge in [-0.2, -0.15) is 0 Å². The maximum atomic E-state index is 2.41. The lowest BCUT2D eigenvalue weighted by Crippen LogP contribution is -1.89. The Kier molecular flexibility index (Phi) is 6.83. The van der Waals surface area contributed by atoms with E-state index >= 15 is 0 Å². The summed E-state index contributed by atoms with van der Waals surface area (Å²) >= 11 is 0. The van der Waals surface area contributed by atoms with Crippen molar-refractivity contribution in [3.05, 3.63) is 89.8 Å². The quantitative estimate of drug-likeness (QED) is 0.308. The van der Waals surface area contributed by atoms with E-state index in [-0.39, 0.29) is 0 Å². The van der Waals surface area contributed by atoms with E-state index in [0.717, 1.165) is 0 Å². The number of hydrogen-bond donors (Lipinski definition) is 0. The third kappa shape index (κ3) is 4.64. The molecule has 1 aliphatic rings. The molecule has 1 radical (unpaired) electrons. The molecule has 29 heavy (non-hydrogen) atoms. The Labute approximate surface area is 176 Å². The fourth-order valence-electron chi connectivity index (χ4n) is 4.69. The third-order valence-corrected chi connectivity index (χ3v) is 6.27. The minimum absolute atomic E-state index is 1.18. The second-order valence-corrected chi connectivity index (χ2v) is 8.38. The highest BCUT2D eigenvalue weighted by Gasteiger charge is 2.23. The van der Waals surface area contributed by atoms with Crippen molar-refractivity contribution in [2.24, 2.45) is 0 Å². The molecule has 0 nitrogen and oxygen atoms in total. The Hall–Kier alpha value is -2.34. The number of fused-ring (bicyclic) bond motifs is 2. The summed E-state index contributed by atoms with van der Waals surface area (Å²) in [7, 11) is 0. The van der Waals surface area contributed by atoms with E-state index in [0.29, 0.717) is 0 Å². The Morgan fingerprint density at radius 2 is 1.24 bits per heavy atom. The smallest absolute Gasteiger partial charge is 0.0214 e. The van der Waals surface area contributed by atoms with Gasteiger partial charge in [-0.25, -0.2) is 0 Å². The SMILES string of the molecule is CCCCCCCCCCC1=C(c2cccc3ccccc23)[CH]c2ccccc21. The maximum absolute atomic E-state index is 2.41. The highest BCUT2D eigenvalue weighted by molar-refractivity contribution is 6.08. The molecule has 0 aliphatic heterocycles. The van der Waals surface area contributed by atoms with Gasteiger partial charge >= 0.3 is 0 Å². The summed E-state index contributed by atoms with van der Waals surface area (Å²) in [5.41, 5.74) is 7.19. The molecule has 0 spiro atoms. The van der Waals surface area contributed by atoms with Crippen molar-refractivity contribution < 1.29 is 0 Å².